The quantitative estimate of drug-likeness (QED) is 0.321. The Balaban J connectivity index is 3.19. The lowest BCUT2D eigenvalue weighted by atomic mass is 9.80. The van der Waals surface area contributed by atoms with E-state index in [0.29, 0.717) is 5.91 Å². The molecule has 0 spiro atoms. The average Bonchev–Trinajstić information content (AvgIpc) is 2.49. The first-order valence-corrected chi connectivity index (χ1v) is 9.83. The first-order chi connectivity index (χ1) is 10.1. The monoisotopic (exact) mass is 422 g/mol. The predicted octanol–water partition coefficient (Wildman–Crippen LogP) is 5.18. The van der Waals surface area contributed by atoms with Gasteiger partial charge in [0.2, 0.25) is 5.91 Å². The summed E-state index contributed by atoms with van der Waals surface area (Å²) in [5, 5.41) is 0. The molecular formula is C18H35IN2O. The largest absolute Gasteiger partial charge is 0.334 e. The van der Waals surface area contributed by atoms with Gasteiger partial charge >= 0.3 is 0 Å². The summed E-state index contributed by atoms with van der Waals surface area (Å²) in [4.78, 5) is 15.5. The third-order valence-electron chi connectivity index (χ3n) is 5.74. The van der Waals surface area contributed by atoms with Gasteiger partial charge in [0.25, 0.3) is 0 Å². The Kier molecular flexibility index (Phi) is 6.77. The van der Waals surface area contributed by atoms with Crippen molar-refractivity contribution in [2.24, 2.45) is 0 Å². The molecule has 0 aromatic heterocycles. The van der Waals surface area contributed by atoms with Crippen LogP contribution in [0.1, 0.15) is 87.0 Å². The van der Waals surface area contributed by atoms with Gasteiger partial charge in [-0.2, -0.15) is 0 Å². The smallest absolute Gasteiger partial charge is 0.244 e. The highest BCUT2D eigenvalue weighted by Gasteiger charge is 2.55. The van der Waals surface area contributed by atoms with Crippen LogP contribution in [-0.2, 0) is 4.79 Å². The molecule has 0 aromatic rings. The second-order valence-corrected chi connectivity index (χ2v) is 8.88. The fourth-order valence-corrected chi connectivity index (χ4v) is 4.24. The molecule has 4 heteroatoms. The highest BCUT2D eigenvalue weighted by molar-refractivity contribution is 14.1. The van der Waals surface area contributed by atoms with E-state index in [1.165, 1.54) is 12.8 Å². The number of nitrogens with zero attached hydrogens (tertiary/aromatic N) is 2. The van der Waals surface area contributed by atoms with E-state index in [1.54, 1.807) is 0 Å². The topological polar surface area (TPSA) is 23.6 Å². The maximum absolute atomic E-state index is 13.3. The standard InChI is InChI=1S/C18H35IN2O/c1-8-11-12-13-18(7)15(22)20(16(4,5)9-2)14-17(6,10-3)21(18)19/h8-14H2,1-7H3. The van der Waals surface area contributed by atoms with Crippen molar-refractivity contribution in [2.75, 3.05) is 6.54 Å². The average molecular weight is 422 g/mol. The molecule has 1 saturated heterocycles. The number of hydrogen-bond acceptors (Lipinski definition) is 2. The minimum atomic E-state index is -0.384. The Labute approximate surface area is 151 Å². The Bertz CT molecular complexity index is 399. The van der Waals surface area contributed by atoms with E-state index in [4.69, 9.17) is 0 Å². The molecule has 1 rings (SSSR count). The summed E-state index contributed by atoms with van der Waals surface area (Å²) in [5.74, 6) is 0.316. The molecule has 2 unspecified atom stereocenters. The van der Waals surface area contributed by atoms with E-state index in [9.17, 15) is 4.79 Å². The molecule has 1 heterocycles. The number of amides is 1. The first kappa shape index (κ1) is 20.2. The summed E-state index contributed by atoms with van der Waals surface area (Å²) in [6, 6.07) is 0. The summed E-state index contributed by atoms with van der Waals surface area (Å²) in [5.41, 5.74) is -0.412. The van der Waals surface area contributed by atoms with Gasteiger partial charge in [-0.3, -0.25) is 4.79 Å². The van der Waals surface area contributed by atoms with Crippen LogP contribution in [0.5, 0.6) is 0 Å². The molecule has 1 amide bonds. The second-order valence-electron chi connectivity index (χ2n) is 7.92. The molecule has 0 radical (unpaired) electrons. The summed E-state index contributed by atoms with van der Waals surface area (Å²) >= 11 is 2.42. The zero-order chi connectivity index (χ0) is 17.2. The van der Waals surface area contributed by atoms with Gasteiger partial charge < -0.3 is 4.90 Å². The highest BCUT2D eigenvalue weighted by atomic mass is 127. The Hall–Kier alpha value is 0.160. The molecule has 0 aliphatic carbocycles. The minimum Gasteiger partial charge on any atom is -0.334 e. The lowest BCUT2D eigenvalue weighted by Gasteiger charge is -2.58. The predicted molar refractivity (Wildman–Crippen MR) is 103 cm³/mol. The van der Waals surface area contributed by atoms with E-state index < -0.39 is 0 Å². The summed E-state index contributed by atoms with van der Waals surface area (Å²) < 4.78 is 2.35. The normalized spacial score (nSPS) is 30.9. The van der Waals surface area contributed by atoms with E-state index in [0.717, 1.165) is 32.2 Å². The van der Waals surface area contributed by atoms with Gasteiger partial charge in [-0.05, 0) is 47.0 Å². The number of halogens is 1. The lowest BCUT2D eigenvalue weighted by Crippen LogP contribution is -2.72. The minimum absolute atomic E-state index is 0.0435. The lowest BCUT2D eigenvalue weighted by molar-refractivity contribution is -0.160. The zero-order valence-electron chi connectivity index (χ0n) is 15.6. The summed E-state index contributed by atoms with van der Waals surface area (Å²) in [6.45, 7) is 16.3. The van der Waals surface area contributed by atoms with Crippen LogP contribution >= 0.6 is 22.9 Å². The van der Waals surface area contributed by atoms with Gasteiger partial charge in [-0.1, -0.05) is 40.0 Å². The zero-order valence-corrected chi connectivity index (χ0v) is 17.8. The van der Waals surface area contributed by atoms with Crippen LogP contribution in [0, 0.1) is 0 Å². The Morgan fingerprint density at radius 3 is 2.23 bits per heavy atom. The Morgan fingerprint density at radius 1 is 1.18 bits per heavy atom. The SMILES string of the molecule is CCCCCC1(C)C(=O)N(C(C)(C)CC)CC(C)(CC)N1I. The third-order valence-corrected chi connectivity index (χ3v) is 7.97. The molecule has 2 atom stereocenters. The third kappa shape index (κ3) is 3.63. The van der Waals surface area contributed by atoms with E-state index in [-0.39, 0.29) is 16.6 Å². The van der Waals surface area contributed by atoms with Crippen LogP contribution < -0.4 is 0 Å². The van der Waals surface area contributed by atoms with Crippen molar-refractivity contribution in [1.82, 2.24) is 8.01 Å². The van der Waals surface area contributed by atoms with Gasteiger partial charge in [0.15, 0.2) is 0 Å². The number of piperazine rings is 1. The molecule has 3 nitrogen and oxygen atoms in total. The van der Waals surface area contributed by atoms with E-state index in [2.05, 4.69) is 79.3 Å². The van der Waals surface area contributed by atoms with Crippen molar-refractivity contribution in [1.29, 1.82) is 0 Å². The molecule has 130 valence electrons. The van der Waals surface area contributed by atoms with Crippen molar-refractivity contribution in [3.63, 3.8) is 0 Å². The fourth-order valence-electron chi connectivity index (χ4n) is 3.30. The number of carbonyl (C=O) groups excluding carboxylic acids is 1. The number of hydrogen-bond donors (Lipinski definition) is 0. The molecule has 22 heavy (non-hydrogen) atoms. The molecular weight excluding hydrogens is 387 g/mol. The molecule has 1 aliphatic rings. The van der Waals surface area contributed by atoms with Gasteiger partial charge in [-0.25, -0.2) is 3.11 Å². The van der Waals surface area contributed by atoms with Crippen LogP contribution in [0.2, 0.25) is 0 Å². The van der Waals surface area contributed by atoms with Crippen molar-refractivity contribution in [3.05, 3.63) is 0 Å². The summed E-state index contributed by atoms with van der Waals surface area (Å²) in [6.07, 6.45) is 6.52. The molecule has 1 aliphatic heterocycles. The van der Waals surface area contributed by atoms with E-state index in [1.807, 2.05) is 0 Å². The van der Waals surface area contributed by atoms with Crippen LogP contribution in [0.3, 0.4) is 0 Å². The molecule has 0 N–H and O–H groups in total. The number of rotatable bonds is 7. The Morgan fingerprint density at radius 2 is 1.77 bits per heavy atom. The fraction of sp³-hybridized carbons (Fsp3) is 0.944. The van der Waals surface area contributed by atoms with Crippen LogP contribution in [0.25, 0.3) is 0 Å². The molecule has 0 saturated carbocycles. The van der Waals surface area contributed by atoms with Gasteiger partial charge in [-0.15, -0.1) is 0 Å². The number of unbranched alkanes of at least 4 members (excludes halogenated alkanes) is 2. The van der Waals surface area contributed by atoms with Gasteiger partial charge in [0, 0.05) is 40.5 Å². The van der Waals surface area contributed by atoms with Crippen LogP contribution in [0.4, 0.5) is 0 Å². The molecule has 1 fully saturated rings. The molecule has 0 bridgehead atoms. The van der Waals surface area contributed by atoms with E-state index >= 15 is 0 Å². The maximum atomic E-state index is 13.3. The highest BCUT2D eigenvalue weighted by Crippen LogP contribution is 2.43. The van der Waals surface area contributed by atoms with Gasteiger partial charge in [0.1, 0.15) is 5.54 Å². The van der Waals surface area contributed by atoms with Crippen molar-refractivity contribution in [3.8, 4) is 0 Å². The van der Waals surface area contributed by atoms with Crippen molar-refractivity contribution in [2.45, 2.75) is 104 Å². The summed E-state index contributed by atoms with van der Waals surface area (Å²) in [7, 11) is 0. The van der Waals surface area contributed by atoms with Crippen molar-refractivity contribution >= 4 is 28.8 Å². The number of carbonyl (C=O) groups is 1. The molecule has 0 aromatic carbocycles. The van der Waals surface area contributed by atoms with Crippen LogP contribution in [-0.4, -0.2) is 37.1 Å². The van der Waals surface area contributed by atoms with Crippen LogP contribution in [0.15, 0.2) is 0 Å². The van der Waals surface area contributed by atoms with Crippen molar-refractivity contribution < 1.29 is 4.79 Å². The van der Waals surface area contributed by atoms with Gasteiger partial charge in [0.05, 0.1) is 0 Å². The first-order valence-electron chi connectivity index (χ1n) is 8.87. The second kappa shape index (κ2) is 7.37. The maximum Gasteiger partial charge on any atom is 0.244 e.